The molecule has 2 amide bonds. The lowest BCUT2D eigenvalue weighted by Crippen LogP contribution is -2.40. The van der Waals surface area contributed by atoms with E-state index in [0.29, 0.717) is 24.4 Å². The van der Waals surface area contributed by atoms with Crippen LogP contribution in [-0.4, -0.2) is 29.7 Å². The highest BCUT2D eigenvalue weighted by molar-refractivity contribution is 5.74. The molecule has 0 aliphatic heterocycles. The predicted molar refractivity (Wildman–Crippen MR) is 67.2 cm³/mol. The molecule has 0 saturated heterocycles. The smallest absolute Gasteiger partial charge is 0.315 e. The Bertz CT molecular complexity index is 324. The molecule has 18 heavy (non-hydrogen) atoms. The second-order valence-electron chi connectivity index (χ2n) is 5.73. The van der Waals surface area contributed by atoms with E-state index in [1.807, 2.05) is 0 Å². The van der Waals surface area contributed by atoms with E-state index >= 15 is 0 Å². The first-order valence-electron chi connectivity index (χ1n) is 6.83. The standard InChI is InChI=1S/C13H22N2O3/c1-8-6-11(8)15-13(18)14-7-9-2-4-10(5-3-9)12(16)17/h8-11H,2-7H2,1H3,(H,16,17)(H2,14,15,18). The molecule has 0 aromatic heterocycles. The normalized spacial score (nSPS) is 34.7. The maximum atomic E-state index is 11.5. The Morgan fingerprint density at radius 1 is 1.22 bits per heavy atom. The summed E-state index contributed by atoms with van der Waals surface area (Å²) in [7, 11) is 0. The third kappa shape index (κ3) is 3.62. The molecule has 2 aliphatic rings. The number of carbonyl (C=O) groups excluding carboxylic acids is 1. The first kappa shape index (κ1) is 13.2. The van der Waals surface area contributed by atoms with Crippen LogP contribution in [0.2, 0.25) is 0 Å². The first-order valence-corrected chi connectivity index (χ1v) is 6.83. The molecule has 2 fully saturated rings. The molecule has 5 heteroatoms. The topological polar surface area (TPSA) is 78.4 Å². The van der Waals surface area contributed by atoms with E-state index < -0.39 is 5.97 Å². The summed E-state index contributed by atoms with van der Waals surface area (Å²) >= 11 is 0. The van der Waals surface area contributed by atoms with Gasteiger partial charge in [0.05, 0.1) is 5.92 Å². The number of amides is 2. The second kappa shape index (κ2) is 5.59. The summed E-state index contributed by atoms with van der Waals surface area (Å²) in [4.78, 5) is 22.3. The summed E-state index contributed by atoms with van der Waals surface area (Å²) in [6.45, 7) is 2.79. The molecule has 5 nitrogen and oxygen atoms in total. The van der Waals surface area contributed by atoms with Crippen molar-refractivity contribution < 1.29 is 14.7 Å². The van der Waals surface area contributed by atoms with E-state index in [1.54, 1.807) is 0 Å². The summed E-state index contributed by atoms with van der Waals surface area (Å²) in [5.74, 6) is 0.189. The zero-order valence-corrected chi connectivity index (χ0v) is 10.8. The van der Waals surface area contributed by atoms with Crippen molar-refractivity contribution in [3.63, 3.8) is 0 Å². The third-order valence-corrected chi connectivity index (χ3v) is 4.17. The van der Waals surface area contributed by atoms with Crippen molar-refractivity contribution in [3.05, 3.63) is 0 Å². The molecular formula is C13H22N2O3. The van der Waals surface area contributed by atoms with Gasteiger partial charge in [-0.25, -0.2) is 4.79 Å². The van der Waals surface area contributed by atoms with Gasteiger partial charge >= 0.3 is 12.0 Å². The summed E-state index contributed by atoms with van der Waals surface area (Å²) in [5, 5.41) is 14.7. The fourth-order valence-corrected chi connectivity index (χ4v) is 2.59. The van der Waals surface area contributed by atoms with Crippen LogP contribution >= 0.6 is 0 Å². The highest BCUT2D eigenvalue weighted by atomic mass is 16.4. The largest absolute Gasteiger partial charge is 0.481 e. The number of aliphatic carboxylic acids is 1. The number of carbonyl (C=O) groups is 2. The van der Waals surface area contributed by atoms with E-state index in [9.17, 15) is 9.59 Å². The van der Waals surface area contributed by atoms with Crippen molar-refractivity contribution in [1.29, 1.82) is 0 Å². The number of rotatable bonds is 4. The molecule has 2 unspecified atom stereocenters. The van der Waals surface area contributed by atoms with Crippen LogP contribution < -0.4 is 10.6 Å². The Morgan fingerprint density at radius 3 is 2.33 bits per heavy atom. The fourth-order valence-electron chi connectivity index (χ4n) is 2.59. The van der Waals surface area contributed by atoms with Crippen LogP contribution in [0.4, 0.5) is 4.79 Å². The SMILES string of the molecule is CC1CC1NC(=O)NCC1CCC(C(=O)O)CC1. The average molecular weight is 254 g/mol. The third-order valence-electron chi connectivity index (χ3n) is 4.17. The molecule has 0 bridgehead atoms. The molecule has 2 aliphatic carbocycles. The molecule has 2 atom stereocenters. The maximum absolute atomic E-state index is 11.5. The molecule has 0 heterocycles. The van der Waals surface area contributed by atoms with Crippen molar-refractivity contribution >= 4 is 12.0 Å². The van der Waals surface area contributed by atoms with E-state index in [1.165, 1.54) is 0 Å². The molecule has 0 aromatic rings. The Morgan fingerprint density at radius 2 is 1.83 bits per heavy atom. The molecule has 102 valence electrons. The lowest BCUT2D eigenvalue weighted by atomic mass is 9.82. The van der Waals surface area contributed by atoms with Crippen LogP contribution in [-0.2, 0) is 4.79 Å². The number of urea groups is 1. The van der Waals surface area contributed by atoms with Crippen LogP contribution in [0.25, 0.3) is 0 Å². The van der Waals surface area contributed by atoms with Crippen LogP contribution in [0.15, 0.2) is 0 Å². The Balaban J connectivity index is 1.60. The maximum Gasteiger partial charge on any atom is 0.315 e. The van der Waals surface area contributed by atoms with Gasteiger partial charge in [-0.2, -0.15) is 0 Å². The lowest BCUT2D eigenvalue weighted by molar-refractivity contribution is -0.143. The monoisotopic (exact) mass is 254 g/mol. The average Bonchev–Trinajstić information content (AvgIpc) is 3.02. The zero-order valence-electron chi connectivity index (χ0n) is 10.8. The van der Waals surface area contributed by atoms with E-state index in [0.717, 1.165) is 32.1 Å². The summed E-state index contributed by atoms with van der Waals surface area (Å²) in [6, 6.07) is 0.275. The summed E-state index contributed by atoms with van der Waals surface area (Å²) < 4.78 is 0. The molecular weight excluding hydrogens is 232 g/mol. The van der Waals surface area contributed by atoms with Crippen molar-refractivity contribution in [3.8, 4) is 0 Å². The van der Waals surface area contributed by atoms with Gasteiger partial charge in [0.1, 0.15) is 0 Å². The Kier molecular flexibility index (Phi) is 4.09. The van der Waals surface area contributed by atoms with E-state index in [2.05, 4.69) is 17.6 Å². The Hall–Kier alpha value is -1.26. The highest BCUT2D eigenvalue weighted by Gasteiger charge is 2.34. The highest BCUT2D eigenvalue weighted by Crippen LogP contribution is 2.29. The number of carboxylic acid groups (broad SMARTS) is 1. The number of hydrogen-bond acceptors (Lipinski definition) is 2. The fraction of sp³-hybridized carbons (Fsp3) is 0.846. The van der Waals surface area contributed by atoms with Crippen LogP contribution in [0.3, 0.4) is 0 Å². The van der Waals surface area contributed by atoms with Gasteiger partial charge in [-0.05, 0) is 43.9 Å². The van der Waals surface area contributed by atoms with Gasteiger partial charge in [0.25, 0.3) is 0 Å². The van der Waals surface area contributed by atoms with Crippen molar-refractivity contribution in [2.24, 2.45) is 17.8 Å². The van der Waals surface area contributed by atoms with Gasteiger partial charge < -0.3 is 15.7 Å². The van der Waals surface area contributed by atoms with Gasteiger partial charge in [0.15, 0.2) is 0 Å². The van der Waals surface area contributed by atoms with Crippen molar-refractivity contribution in [1.82, 2.24) is 10.6 Å². The molecule has 3 N–H and O–H groups in total. The number of hydrogen-bond donors (Lipinski definition) is 3. The number of nitrogens with one attached hydrogen (secondary N) is 2. The van der Waals surface area contributed by atoms with Gasteiger partial charge in [-0.15, -0.1) is 0 Å². The minimum atomic E-state index is -0.679. The van der Waals surface area contributed by atoms with Gasteiger partial charge in [0, 0.05) is 12.6 Å². The minimum Gasteiger partial charge on any atom is -0.481 e. The van der Waals surface area contributed by atoms with Crippen molar-refractivity contribution in [2.75, 3.05) is 6.54 Å². The van der Waals surface area contributed by atoms with Crippen LogP contribution in [0.1, 0.15) is 39.0 Å². The minimum absolute atomic E-state index is 0.0790. The summed E-state index contributed by atoms with van der Waals surface area (Å²) in [5.41, 5.74) is 0. The lowest BCUT2D eigenvalue weighted by Gasteiger charge is -2.26. The van der Waals surface area contributed by atoms with E-state index in [-0.39, 0.29) is 11.9 Å². The first-order chi connectivity index (χ1) is 8.56. The molecule has 0 radical (unpaired) electrons. The molecule has 0 aromatic carbocycles. The van der Waals surface area contributed by atoms with E-state index in [4.69, 9.17) is 5.11 Å². The van der Waals surface area contributed by atoms with Crippen LogP contribution in [0, 0.1) is 17.8 Å². The predicted octanol–water partition coefficient (Wildman–Crippen LogP) is 1.58. The van der Waals surface area contributed by atoms with Gasteiger partial charge in [-0.1, -0.05) is 6.92 Å². The number of carboxylic acids is 1. The van der Waals surface area contributed by atoms with Gasteiger partial charge in [0.2, 0.25) is 0 Å². The van der Waals surface area contributed by atoms with Gasteiger partial charge in [-0.3, -0.25) is 4.79 Å². The second-order valence-corrected chi connectivity index (χ2v) is 5.73. The summed E-state index contributed by atoms with van der Waals surface area (Å²) in [6.07, 6.45) is 4.36. The molecule has 2 saturated carbocycles. The zero-order chi connectivity index (χ0) is 13.1. The Labute approximate surface area is 107 Å². The molecule has 2 rings (SSSR count). The molecule has 0 spiro atoms. The van der Waals surface area contributed by atoms with Crippen molar-refractivity contribution in [2.45, 2.75) is 45.1 Å². The quantitative estimate of drug-likeness (QED) is 0.712. The van der Waals surface area contributed by atoms with Crippen LogP contribution in [0.5, 0.6) is 0 Å².